The average molecular weight is 450 g/mol. The smallest absolute Gasteiger partial charge is 0.258 e. The van der Waals surface area contributed by atoms with Gasteiger partial charge in [0.2, 0.25) is 0 Å². The zero-order valence-corrected chi connectivity index (χ0v) is 16.1. The number of nitrogens with zero attached hydrogens (tertiary/aromatic N) is 1. The number of aryl methyl sites for hydroxylation is 1. The number of carbonyl (C=O) groups is 1. The second-order valence-electron chi connectivity index (χ2n) is 5.18. The van der Waals surface area contributed by atoms with Gasteiger partial charge in [0.05, 0.1) is 18.4 Å². The molecule has 0 aliphatic heterocycles. The Morgan fingerprint density at radius 1 is 1.25 bits per heavy atom. The number of halogens is 1. The molecule has 0 unspecified atom stereocenters. The monoisotopic (exact) mass is 450 g/mol. The van der Waals surface area contributed by atoms with Crippen LogP contribution in [-0.2, 0) is 0 Å². The Labute approximate surface area is 158 Å². The number of aromatic nitrogens is 1. The number of methoxy groups -OCH3 is 1. The van der Waals surface area contributed by atoms with Crippen molar-refractivity contribution in [1.29, 1.82) is 0 Å². The molecule has 0 aliphatic rings. The molecule has 0 fully saturated rings. The van der Waals surface area contributed by atoms with Gasteiger partial charge in [-0.3, -0.25) is 10.1 Å². The number of hydrogen-bond donors (Lipinski definition) is 1. The van der Waals surface area contributed by atoms with Gasteiger partial charge in [0.1, 0.15) is 5.75 Å². The quantitative estimate of drug-likeness (QED) is 0.571. The SMILES string of the molecule is COc1ccc(C)cc1-c1csc(NC(=O)c2ccccc2I)n1. The van der Waals surface area contributed by atoms with Gasteiger partial charge in [-0.1, -0.05) is 23.8 Å². The number of thiazole rings is 1. The van der Waals surface area contributed by atoms with Crippen LogP contribution in [0.2, 0.25) is 0 Å². The summed E-state index contributed by atoms with van der Waals surface area (Å²) >= 11 is 3.55. The van der Waals surface area contributed by atoms with Gasteiger partial charge >= 0.3 is 0 Å². The fraction of sp³-hybridized carbons (Fsp3) is 0.111. The molecule has 1 N–H and O–H groups in total. The molecule has 2 aromatic carbocycles. The van der Waals surface area contributed by atoms with E-state index in [1.54, 1.807) is 13.2 Å². The minimum atomic E-state index is -0.155. The van der Waals surface area contributed by atoms with Crippen molar-refractivity contribution in [2.75, 3.05) is 12.4 Å². The molecule has 0 saturated carbocycles. The Hall–Kier alpha value is -1.93. The van der Waals surface area contributed by atoms with E-state index in [9.17, 15) is 4.79 Å². The van der Waals surface area contributed by atoms with Crippen LogP contribution in [0.25, 0.3) is 11.3 Å². The lowest BCUT2D eigenvalue weighted by molar-refractivity contribution is 0.102. The Bertz CT molecular complexity index is 892. The van der Waals surface area contributed by atoms with E-state index in [0.717, 1.165) is 26.1 Å². The van der Waals surface area contributed by atoms with Gasteiger partial charge in [-0.05, 0) is 53.8 Å². The summed E-state index contributed by atoms with van der Waals surface area (Å²) in [7, 11) is 1.64. The second-order valence-corrected chi connectivity index (χ2v) is 7.20. The lowest BCUT2D eigenvalue weighted by Gasteiger charge is -2.07. The third-order valence-corrected chi connectivity index (χ3v) is 5.17. The summed E-state index contributed by atoms with van der Waals surface area (Å²) in [6.45, 7) is 2.02. The van der Waals surface area contributed by atoms with E-state index in [0.29, 0.717) is 10.7 Å². The highest BCUT2D eigenvalue weighted by Crippen LogP contribution is 2.33. The molecular weight excluding hydrogens is 435 g/mol. The molecule has 3 aromatic rings. The summed E-state index contributed by atoms with van der Waals surface area (Å²) in [6.07, 6.45) is 0. The number of ether oxygens (including phenoxy) is 1. The van der Waals surface area contributed by atoms with Crippen LogP contribution in [0.3, 0.4) is 0 Å². The molecule has 0 bridgehead atoms. The van der Waals surface area contributed by atoms with Gasteiger partial charge in [-0.25, -0.2) is 4.98 Å². The van der Waals surface area contributed by atoms with Crippen molar-refractivity contribution in [2.24, 2.45) is 0 Å². The first-order chi connectivity index (χ1) is 11.6. The van der Waals surface area contributed by atoms with Crippen LogP contribution < -0.4 is 10.1 Å². The Morgan fingerprint density at radius 3 is 2.79 bits per heavy atom. The van der Waals surface area contributed by atoms with E-state index in [2.05, 4.69) is 32.9 Å². The van der Waals surface area contributed by atoms with E-state index in [1.165, 1.54) is 11.3 Å². The second kappa shape index (κ2) is 7.31. The molecule has 1 heterocycles. The van der Waals surface area contributed by atoms with E-state index in [-0.39, 0.29) is 5.91 Å². The zero-order chi connectivity index (χ0) is 17.1. The number of rotatable bonds is 4. The van der Waals surface area contributed by atoms with Crippen LogP contribution in [-0.4, -0.2) is 18.0 Å². The first-order valence-electron chi connectivity index (χ1n) is 7.25. The molecule has 0 aliphatic carbocycles. The van der Waals surface area contributed by atoms with Crippen molar-refractivity contribution in [2.45, 2.75) is 6.92 Å². The van der Waals surface area contributed by atoms with Crippen LogP contribution in [0.4, 0.5) is 5.13 Å². The minimum absolute atomic E-state index is 0.155. The van der Waals surface area contributed by atoms with Crippen molar-refractivity contribution >= 4 is 45.0 Å². The molecule has 0 saturated heterocycles. The van der Waals surface area contributed by atoms with E-state index >= 15 is 0 Å². The van der Waals surface area contributed by atoms with E-state index in [4.69, 9.17) is 4.74 Å². The summed E-state index contributed by atoms with van der Waals surface area (Å²) in [4.78, 5) is 16.9. The van der Waals surface area contributed by atoms with Crippen LogP contribution in [0.5, 0.6) is 5.75 Å². The maximum atomic E-state index is 12.4. The average Bonchev–Trinajstić information content (AvgIpc) is 3.03. The molecule has 6 heteroatoms. The highest BCUT2D eigenvalue weighted by atomic mass is 127. The molecule has 1 aromatic heterocycles. The Morgan fingerprint density at radius 2 is 2.04 bits per heavy atom. The number of nitrogens with one attached hydrogen (secondary N) is 1. The maximum absolute atomic E-state index is 12.4. The molecular formula is C18H15IN2O2S. The number of benzene rings is 2. The highest BCUT2D eigenvalue weighted by Gasteiger charge is 2.14. The van der Waals surface area contributed by atoms with Crippen LogP contribution in [0, 0.1) is 10.5 Å². The predicted molar refractivity (Wildman–Crippen MR) is 106 cm³/mol. The van der Waals surface area contributed by atoms with Crippen molar-refractivity contribution in [3.05, 3.63) is 62.5 Å². The molecule has 3 rings (SSSR count). The van der Waals surface area contributed by atoms with Gasteiger partial charge in [0.15, 0.2) is 5.13 Å². The van der Waals surface area contributed by atoms with Crippen molar-refractivity contribution in [3.63, 3.8) is 0 Å². The van der Waals surface area contributed by atoms with Crippen molar-refractivity contribution in [3.8, 4) is 17.0 Å². The lowest BCUT2D eigenvalue weighted by Crippen LogP contribution is -2.13. The standard InChI is InChI=1S/C18H15IN2O2S/c1-11-7-8-16(23-2)13(9-11)15-10-24-18(20-15)21-17(22)12-5-3-4-6-14(12)19/h3-10H,1-2H3,(H,20,21,22). The number of anilines is 1. The molecule has 0 radical (unpaired) electrons. The molecule has 122 valence electrons. The lowest BCUT2D eigenvalue weighted by atomic mass is 10.1. The van der Waals surface area contributed by atoms with Gasteiger partial charge in [0, 0.05) is 14.5 Å². The Kier molecular flexibility index (Phi) is 5.15. The third-order valence-electron chi connectivity index (χ3n) is 3.47. The largest absolute Gasteiger partial charge is 0.496 e. The molecule has 0 atom stereocenters. The Balaban J connectivity index is 1.85. The van der Waals surface area contributed by atoms with Crippen molar-refractivity contribution in [1.82, 2.24) is 4.98 Å². The summed E-state index contributed by atoms with van der Waals surface area (Å²) in [5.41, 5.74) is 3.48. The molecule has 4 nitrogen and oxygen atoms in total. The summed E-state index contributed by atoms with van der Waals surface area (Å²) in [6, 6.07) is 13.4. The van der Waals surface area contributed by atoms with Crippen LogP contribution >= 0.6 is 33.9 Å². The van der Waals surface area contributed by atoms with E-state index in [1.807, 2.05) is 48.7 Å². The number of carbonyl (C=O) groups excluding carboxylic acids is 1. The van der Waals surface area contributed by atoms with Gasteiger partial charge in [-0.15, -0.1) is 11.3 Å². The van der Waals surface area contributed by atoms with E-state index < -0.39 is 0 Å². The van der Waals surface area contributed by atoms with Crippen LogP contribution in [0.1, 0.15) is 15.9 Å². The molecule has 0 spiro atoms. The minimum Gasteiger partial charge on any atom is -0.496 e. The first kappa shape index (κ1) is 16.9. The molecule has 1 amide bonds. The molecule has 24 heavy (non-hydrogen) atoms. The predicted octanol–water partition coefficient (Wildman–Crippen LogP) is 4.98. The first-order valence-corrected chi connectivity index (χ1v) is 9.20. The fourth-order valence-corrected chi connectivity index (χ4v) is 3.62. The zero-order valence-electron chi connectivity index (χ0n) is 13.2. The van der Waals surface area contributed by atoms with Crippen LogP contribution in [0.15, 0.2) is 47.8 Å². The van der Waals surface area contributed by atoms with Gasteiger partial charge in [-0.2, -0.15) is 0 Å². The van der Waals surface area contributed by atoms with Crippen molar-refractivity contribution < 1.29 is 9.53 Å². The third kappa shape index (κ3) is 3.59. The summed E-state index contributed by atoms with van der Waals surface area (Å²) < 4.78 is 6.31. The summed E-state index contributed by atoms with van der Waals surface area (Å²) in [5.74, 6) is 0.610. The fourth-order valence-electron chi connectivity index (χ4n) is 2.29. The maximum Gasteiger partial charge on any atom is 0.258 e. The topological polar surface area (TPSA) is 51.2 Å². The number of hydrogen-bond acceptors (Lipinski definition) is 4. The summed E-state index contributed by atoms with van der Waals surface area (Å²) in [5, 5.41) is 5.35. The normalized spacial score (nSPS) is 10.5. The van der Waals surface area contributed by atoms with Gasteiger partial charge < -0.3 is 4.74 Å². The number of amides is 1. The van der Waals surface area contributed by atoms with Gasteiger partial charge in [0.25, 0.3) is 5.91 Å². The highest BCUT2D eigenvalue weighted by molar-refractivity contribution is 14.1.